The molecule has 1 fully saturated rings. The van der Waals surface area contributed by atoms with Crippen molar-refractivity contribution < 1.29 is 0 Å². The fourth-order valence-electron chi connectivity index (χ4n) is 2.51. The molecule has 0 atom stereocenters. The summed E-state index contributed by atoms with van der Waals surface area (Å²) in [5.74, 6) is 0.983. The van der Waals surface area contributed by atoms with Gasteiger partial charge in [-0.15, -0.1) is 0 Å². The van der Waals surface area contributed by atoms with Gasteiger partial charge in [-0.1, -0.05) is 27.2 Å². The van der Waals surface area contributed by atoms with Gasteiger partial charge in [-0.3, -0.25) is 0 Å². The summed E-state index contributed by atoms with van der Waals surface area (Å²) in [5, 5.41) is 3.65. The van der Waals surface area contributed by atoms with Crippen molar-refractivity contribution in [3.63, 3.8) is 0 Å². The number of rotatable bonds is 7. The summed E-state index contributed by atoms with van der Waals surface area (Å²) in [5.41, 5.74) is 0.579. The monoisotopic (exact) mass is 254 g/mol. The molecule has 1 N–H and O–H groups in total. The highest BCUT2D eigenvalue weighted by Crippen LogP contribution is 2.28. The van der Waals surface area contributed by atoms with Crippen molar-refractivity contribution in [2.45, 2.75) is 66.3 Å². The predicted molar refractivity (Wildman–Crippen MR) is 81.0 cm³/mol. The fraction of sp³-hybridized carbons (Fsp3) is 1.00. The first-order valence-corrected chi connectivity index (χ1v) is 7.69. The van der Waals surface area contributed by atoms with E-state index in [0.29, 0.717) is 5.41 Å². The second-order valence-corrected chi connectivity index (χ2v) is 7.89. The molecular weight excluding hydrogens is 220 g/mol. The second-order valence-electron chi connectivity index (χ2n) is 7.89. The van der Waals surface area contributed by atoms with E-state index >= 15 is 0 Å². The van der Waals surface area contributed by atoms with Crippen LogP contribution in [0.15, 0.2) is 0 Å². The van der Waals surface area contributed by atoms with E-state index < -0.39 is 0 Å². The fourth-order valence-corrected chi connectivity index (χ4v) is 2.51. The molecule has 0 bridgehead atoms. The minimum atomic E-state index is 0.224. The Balaban J connectivity index is 2.35. The van der Waals surface area contributed by atoms with E-state index in [1.807, 2.05) is 0 Å². The first kappa shape index (κ1) is 16.0. The maximum atomic E-state index is 3.65. The summed E-state index contributed by atoms with van der Waals surface area (Å²) >= 11 is 0. The third-order valence-electron chi connectivity index (χ3n) is 3.94. The Morgan fingerprint density at radius 1 is 1.11 bits per heavy atom. The zero-order chi connectivity index (χ0) is 13.8. The third kappa shape index (κ3) is 6.19. The molecule has 108 valence electrons. The summed E-state index contributed by atoms with van der Waals surface area (Å²) in [6.07, 6.45) is 4.37. The van der Waals surface area contributed by atoms with Gasteiger partial charge in [-0.05, 0) is 51.5 Å². The Kier molecular flexibility index (Phi) is 5.67. The Labute approximate surface area is 115 Å². The van der Waals surface area contributed by atoms with Crippen molar-refractivity contribution >= 4 is 0 Å². The predicted octanol–water partition coefficient (Wildman–Crippen LogP) is 3.52. The number of nitrogens with one attached hydrogen (secondary N) is 1. The van der Waals surface area contributed by atoms with Crippen LogP contribution < -0.4 is 5.32 Å². The van der Waals surface area contributed by atoms with Gasteiger partial charge in [0, 0.05) is 25.2 Å². The van der Waals surface area contributed by atoms with Crippen LogP contribution in [0.25, 0.3) is 0 Å². The van der Waals surface area contributed by atoms with Gasteiger partial charge >= 0.3 is 0 Å². The van der Waals surface area contributed by atoms with Gasteiger partial charge < -0.3 is 10.2 Å². The molecule has 0 heterocycles. The zero-order valence-corrected chi connectivity index (χ0v) is 13.5. The molecule has 1 aliphatic rings. The first-order valence-electron chi connectivity index (χ1n) is 7.69. The van der Waals surface area contributed by atoms with Gasteiger partial charge in [-0.25, -0.2) is 0 Å². The quantitative estimate of drug-likeness (QED) is 0.748. The Hall–Kier alpha value is -0.0800. The lowest BCUT2D eigenvalue weighted by Crippen LogP contribution is -2.47. The van der Waals surface area contributed by atoms with E-state index in [-0.39, 0.29) is 5.54 Å². The standard InChI is InChI=1S/C16H34N2/c1-7-18(11-14-9-8-10-14)13-16(5,6)12-17-15(2,3)4/h14,17H,7-13H2,1-6H3. The van der Waals surface area contributed by atoms with Crippen molar-refractivity contribution in [3.8, 4) is 0 Å². The van der Waals surface area contributed by atoms with Gasteiger partial charge in [-0.2, -0.15) is 0 Å². The molecule has 0 saturated heterocycles. The van der Waals surface area contributed by atoms with E-state index in [0.717, 1.165) is 12.5 Å². The van der Waals surface area contributed by atoms with Crippen molar-refractivity contribution in [3.05, 3.63) is 0 Å². The summed E-state index contributed by atoms with van der Waals surface area (Å²) in [4.78, 5) is 2.65. The average Bonchev–Trinajstić information content (AvgIpc) is 2.18. The second kappa shape index (κ2) is 6.38. The van der Waals surface area contributed by atoms with Crippen LogP contribution in [-0.4, -0.2) is 36.6 Å². The summed E-state index contributed by atoms with van der Waals surface area (Å²) < 4.78 is 0. The lowest BCUT2D eigenvalue weighted by atomic mass is 9.84. The SMILES string of the molecule is CCN(CC1CCC1)CC(C)(C)CNC(C)(C)C. The smallest absolute Gasteiger partial charge is 0.00967 e. The van der Waals surface area contributed by atoms with E-state index in [1.54, 1.807) is 0 Å². The molecule has 0 amide bonds. The van der Waals surface area contributed by atoms with E-state index in [9.17, 15) is 0 Å². The van der Waals surface area contributed by atoms with Crippen LogP contribution in [0.5, 0.6) is 0 Å². The van der Waals surface area contributed by atoms with Gasteiger partial charge in [0.05, 0.1) is 0 Å². The molecule has 0 radical (unpaired) electrons. The molecule has 2 heteroatoms. The Bertz CT molecular complexity index is 236. The maximum Gasteiger partial charge on any atom is 0.00967 e. The van der Waals surface area contributed by atoms with Gasteiger partial charge in [0.25, 0.3) is 0 Å². The summed E-state index contributed by atoms with van der Waals surface area (Å²) in [6, 6.07) is 0. The molecule has 0 aromatic heterocycles. The maximum absolute atomic E-state index is 3.65. The number of hydrogen-bond donors (Lipinski definition) is 1. The van der Waals surface area contributed by atoms with E-state index in [4.69, 9.17) is 0 Å². The van der Waals surface area contributed by atoms with Crippen LogP contribution in [0.2, 0.25) is 0 Å². The van der Waals surface area contributed by atoms with Gasteiger partial charge in [0.1, 0.15) is 0 Å². The van der Waals surface area contributed by atoms with Crippen LogP contribution in [-0.2, 0) is 0 Å². The van der Waals surface area contributed by atoms with Crippen LogP contribution in [0.1, 0.15) is 60.8 Å². The molecule has 0 spiro atoms. The van der Waals surface area contributed by atoms with Crippen LogP contribution in [0.3, 0.4) is 0 Å². The molecule has 1 aliphatic carbocycles. The molecule has 0 unspecified atom stereocenters. The van der Waals surface area contributed by atoms with Crippen LogP contribution in [0, 0.1) is 11.3 Å². The Morgan fingerprint density at radius 3 is 2.11 bits per heavy atom. The lowest BCUT2D eigenvalue weighted by Gasteiger charge is -2.38. The topological polar surface area (TPSA) is 15.3 Å². The molecule has 1 rings (SSSR count). The first-order chi connectivity index (χ1) is 8.22. The molecule has 1 saturated carbocycles. The highest BCUT2D eigenvalue weighted by molar-refractivity contribution is 4.82. The lowest BCUT2D eigenvalue weighted by molar-refractivity contribution is 0.128. The van der Waals surface area contributed by atoms with E-state index in [1.165, 1.54) is 38.9 Å². The normalized spacial score (nSPS) is 18.2. The Morgan fingerprint density at radius 2 is 1.72 bits per heavy atom. The zero-order valence-electron chi connectivity index (χ0n) is 13.5. The van der Waals surface area contributed by atoms with Crippen molar-refractivity contribution in [1.82, 2.24) is 10.2 Å². The molecule has 0 aliphatic heterocycles. The van der Waals surface area contributed by atoms with Crippen molar-refractivity contribution in [2.75, 3.05) is 26.2 Å². The number of hydrogen-bond acceptors (Lipinski definition) is 2. The van der Waals surface area contributed by atoms with Crippen molar-refractivity contribution in [1.29, 1.82) is 0 Å². The van der Waals surface area contributed by atoms with Gasteiger partial charge in [0.2, 0.25) is 0 Å². The summed E-state index contributed by atoms with van der Waals surface area (Å²) in [6.45, 7) is 18.6. The highest BCUT2D eigenvalue weighted by atomic mass is 15.1. The number of nitrogens with zero attached hydrogens (tertiary/aromatic N) is 1. The molecular formula is C16H34N2. The van der Waals surface area contributed by atoms with Crippen LogP contribution >= 0.6 is 0 Å². The molecule has 0 aromatic rings. The van der Waals surface area contributed by atoms with Gasteiger partial charge in [0.15, 0.2) is 0 Å². The molecule has 2 nitrogen and oxygen atoms in total. The highest BCUT2D eigenvalue weighted by Gasteiger charge is 2.26. The third-order valence-corrected chi connectivity index (χ3v) is 3.94. The van der Waals surface area contributed by atoms with E-state index in [2.05, 4.69) is 51.8 Å². The van der Waals surface area contributed by atoms with Crippen LogP contribution in [0.4, 0.5) is 0 Å². The average molecular weight is 254 g/mol. The van der Waals surface area contributed by atoms with Crippen molar-refractivity contribution in [2.24, 2.45) is 11.3 Å². The minimum Gasteiger partial charge on any atom is -0.311 e. The summed E-state index contributed by atoms with van der Waals surface area (Å²) in [7, 11) is 0. The largest absolute Gasteiger partial charge is 0.311 e. The molecule has 18 heavy (non-hydrogen) atoms. The molecule has 0 aromatic carbocycles. The minimum absolute atomic E-state index is 0.224.